The molecule has 0 amide bonds. The van der Waals surface area contributed by atoms with Gasteiger partial charge in [0.15, 0.2) is 0 Å². The minimum Gasteiger partial charge on any atom is -0.353 e. The van der Waals surface area contributed by atoms with Crippen LogP contribution in [0.15, 0.2) is 18.3 Å². The van der Waals surface area contributed by atoms with Gasteiger partial charge in [0.2, 0.25) is 0 Å². The fourth-order valence-electron chi connectivity index (χ4n) is 2.76. The van der Waals surface area contributed by atoms with Crippen molar-refractivity contribution < 1.29 is 0 Å². The second kappa shape index (κ2) is 6.01. The van der Waals surface area contributed by atoms with Crippen molar-refractivity contribution >= 4 is 5.82 Å². The fraction of sp³-hybridized carbons (Fsp3) is 0.643. The van der Waals surface area contributed by atoms with Crippen molar-refractivity contribution in [2.24, 2.45) is 5.73 Å². The van der Waals surface area contributed by atoms with Gasteiger partial charge in [-0.1, -0.05) is 19.4 Å². The van der Waals surface area contributed by atoms with Gasteiger partial charge in [-0.05, 0) is 31.7 Å². The van der Waals surface area contributed by atoms with Gasteiger partial charge in [-0.15, -0.1) is 0 Å². The highest BCUT2D eigenvalue weighted by Crippen LogP contribution is 2.27. The molecule has 0 bridgehead atoms. The number of pyridine rings is 1. The molecule has 0 aromatic carbocycles. The maximum Gasteiger partial charge on any atom is 0.133 e. The molecule has 1 aromatic rings. The third-order valence-electron chi connectivity index (χ3n) is 3.61. The summed E-state index contributed by atoms with van der Waals surface area (Å²) in [5, 5.41) is 0. The first kappa shape index (κ1) is 12.4. The van der Waals surface area contributed by atoms with Crippen LogP contribution in [-0.2, 0) is 6.54 Å². The lowest BCUT2D eigenvalue weighted by molar-refractivity contribution is 0.431. The highest BCUT2D eigenvalue weighted by atomic mass is 15.2. The number of nitrogens with two attached hydrogens (primary N) is 1. The van der Waals surface area contributed by atoms with Crippen molar-refractivity contribution in [3.05, 3.63) is 23.9 Å². The van der Waals surface area contributed by atoms with Crippen LogP contribution < -0.4 is 10.6 Å². The predicted molar refractivity (Wildman–Crippen MR) is 72.0 cm³/mol. The van der Waals surface area contributed by atoms with E-state index in [0.29, 0.717) is 12.6 Å². The third-order valence-corrected chi connectivity index (χ3v) is 3.61. The van der Waals surface area contributed by atoms with E-state index >= 15 is 0 Å². The molecule has 1 atom stereocenters. The molecule has 1 aliphatic heterocycles. The van der Waals surface area contributed by atoms with Crippen LogP contribution in [0.4, 0.5) is 5.82 Å². The first-order chi connectivity index (χ1) is 8.36. The molecular weight excluding hydrogens is 210 g/mol. The minimum absolute atomic E-state index is 0.582. The number of hydrogen-bond donors (Lipinski definition) is 1. The lowest BCUT2D eigenvalue weighted by atomic mass is 9.97. The molecule has 3 nitrogen and oxygen atoms in total. The maximum atomic E-state index is 5.81. The summed E-state index contributed by atoms with van der Waals surface area (Å²) in [4.78, 5) is 7.03. The molecule has 1 saturated heterocycles. The van der Waals surface area contributed by atoms with E-state index in [4.69, 9.17) is 5.73 Å². The van der Waals surface area contributed by atoms with Crippen molar-refractivity contribution in [3.8, 4) is 0 Å². The number of rotatable bonds is 4. The second-order valence-corrected chi connectivity index (χ2v) is 4.82. The number of piperidine rings is 1. The normalized spacial score (nSPS) is 20.6. The molecule has 2 heterocycles. The van der Waals surface area contributed by atoms with Crippen LogP contribution in [-0.4, -0.2) is 17.6 Å². The Balaban J connectivity index is 2.22. The summed E-state index contributed by atoms with van der Waals surface area (Å²) in [6, 6.07) is 4.73. The van der Waals surface area contributed by atoms with E-state index in [9.17, 15) is 0 Å². The van der Waals surface area contributed by atoms with Gasteiger partial charge in [0.1, 0.15) is 5.82 Å². The molecule has 2 N–H and O–H groups in total. The lowest BCUT2D eigenvalue weighted by Crippen LogP contribution is -2.40. The van der Waals surface area contributed by atoms with Crippen LogP contribution in [0.2, 0.25) is 0 Å². The third kappa shape index (κ3) is 2.78. The lowest BCUT2D eigenvalue weighted by Gasteiger charge is -2.37. The summed E-state index contributed by atoms with van der Waals surface area (Å²) in [7, 11) is 0. The van der Waals surface area contributed by atoms with Gasteiger partial charge in [0.05, 0.1) is 0 Å². The van der Waals surface area contributed by atoms with Gasteiger partial charge < -0.3 is 10.6 Å². The fourth-order valence-corrected chi connectivity index (χ4v) is 2.76. The molecule has 1 fully saturated rings. The SMILES string of the molecule is CCCC1CCCCN1c1ncccc1CN. The molecule has 94 valence electrons. The molecule has 1 aromatic heterocycles. The zero-order chi connectivity index (χ0) is 12.1. The maximum absolute atomic E-state index is 5.81. The van der Waals surface area contributed by atoms with Crippen molar-refractivity contribution in [2.75, 3.05) is 11.4 Å². The molecule has 0 spiro atoms. The highest BCUT2D eigenvalue weighted by molar-refractivity contribution is 5.48. The molecule has 17 heavy (non-hydrogen) atoms. The predicted octanol–water partition coefficient (Wildman–Crippen LogP) is 2.70. The molecule has 1 aliphatic rings. The van der Waals surface area contributed by atoms with Crippen LogP contribution in [0.25, 0.3) is 0 Å². The molecule has 1 unspecified atom stereocenters. The van der Waals surface area contributed by atoms with Crippen LogP contribution in [0, 0.1) is 0 Å². The Morgan fingerprint density at radius 1 is 1.47 bits per heavy atom. The monoisotopic (exact) mass is 233 g/mol. The van der Waals surface area contributed by atoms with E-state index in [2.05, 4.69) is 22.9 Å². The Bertz CT molecular complexity index is 349. The summed E-state index contributed by atoms with van der Waals surface area (Å²) in [5.41, 5.74) is 6.99. The zero-order valence-corrected chi connectivity index (χ0v) is 10.7. The van der Waals surface area contributed by atoms with Crippen molar-refractivity contribution in [3.63, 3.8) is 0 Å². The molecule has 3 heteroatoms. The summed E-state index contributed by atoms with van der Waals surface area (Å²) in [5.74, 6) is 1.12. The van der Waals surface area contributed by atoms with E-state index in [1.165, 1.54) is 37.7 Å². The first-order valence-electron chi connectivity index (χ1n) is 6.77. The number of hydrogen-bond acceptors (Lipinski definition) is 3. The van der Waals surface area contributed by atoms with Crippen molar-refractivity contribution in [2.45, 2.75) is 51.6 Å². The highest BCUT2D eigenvalue weighted by Gasteiger charge is 2.24. The van der Waals surface area contributed by atoms with E-state index < -0.39 is 0 Å². The van der Waals surface area contributed by atoms with Crippen molar-refractivity contribution in [1.29, 1.82) is 0 Å². The van der Waals surface area contributed by atoms with Gasteiger partial charge in [-0.3, -0.25) is 0 Å². The standard InChI is InChI=1S/C14H23N3/c1-2-6-13-8-3-4-10-17(13)14-12(11-15)7-5-9-16-14/h5,7,9,13H,2-4,6,8,10-11,15H2,1H3. The Morgan fingerprint density at radius 2 is 2.35 bits per heavy atom. The quantitative estimate of drug-likeness (QED) is 0.869. The Hall–Kier alpha value is -1.09. The molecular formula is C14H23N3. The van der Waals surface area contributed by atoms with E-state index in [1.54, 1.807) is 0 Å². The molecule has 0 aliphatic carbocycles. The van der Waals surface area contributed by atoms with Gasteiger partial charge in [0.25, 0.3) is 0 Å². The van der Waals surface area contributed by atoms with Crippen LogP contribution in [0.5, 0.6) is 0 Å². The van der Waals surface area contributed by atoms with Crippen LogP contribution in [0.3, 0.4) is 0 Å². The number of nitrogens with zero attached hydrogens (tertiary/aromatic N) is 2. The smallest absolute Gasteiger partial charge is 0.133 e. The average molecular weight is 233 g/mol. The molecule has 2 rings (SSSR count). The largest absolute Gasteiger partial charge is 0.353 e. The topological polar surface area (TPSA) is 42.2 Å². The first-order valence-corrected chi connectivity index (χ1v) is 6.77. The summed E-state index contributed by atoms with van der Waals surface area (Å²) in [6.07, 6.45) is 8.32. The van der Waals surface area contributed by atoms with Crippen molar-refractivity contribution in [1.82, 2.24) is 4.98 Å². The van der Waals surface area contributed by atoms with Gasteiger partial charge in [-0.25, -0.2) is 4.98 Å². The Kier molecular flexibility index (Phi) is 4.37. The van der Waals surface area contributed by atoms with Crippen LogP contribution >= 0.6 is 0 Å². The number of anilines is 1. The van der Waals surface area contributed by atoms with E-state index in [1.807, 2.05) is 12.3 Å². The number of aromatic nitrogens is 1. The second-order valence-electron chi connectivity index (χ2n) is 4.82. The molecule has 0 radical (unpaired) electrons. The van der Waals surface area contributed by atoms with Gasteiger partial charge >= 0.3 is 0 Å². The van der Waals surface area contributed by atoms with Gasteiger partial charge in [0, 0.05) is 30.9 Å². The summed E-state index contributed by atoms with van der Waals surface area (Å²) < 4.78 is 0. The Labute approximate surface area is 104 Å². The minimum atomic E-state index is 0.582. The Morgan fingerprint density at radius 3 is 3.12 bits per heavy atom. The van der Waals surface area contributed by atoms with E-state index in [0.717, 1.165) is 12.4 Å². The summed E-state index contributed by atoms with van der Waals surface area (Å²) in [6.45, 7) is 3.97. The van der Waals surface area contributed by atoms with Crippen LogP contribution in [0.1, 0.15) is 44.6 Å². The molecule has 0 saturated carbocycles. The zero-order valence-electron chi connectivity index (χ0n) is 10.7. The average Bonchev–Trinajstić information content (AvgIpc) is 2.40. The van der Waals surface area contributed by atoms with E-state index in [-0.39, 0.29) is 0 Å². The summed E-state index contributed by atoms with van der Waals surface area (Å²) >= 11 is 0. The van der Waals surface area contributed by atoms with Gasteiger partial charge in [-0.2, -0.15) is 0 Å².